The first-order valence-corrected chi connectivity index (χ1v) is 15.7. The second-order valence-electron chi connectivity index (χ2n) is 8.86. The summed E-state index contributed by atoms with van der Waals surface area (Å²) in [5.74, 6) is 0. The maximum absolute atomic E-state index is 6.28. The largest absolute Gasteiger partial charge is 0.454 e. The zero-order chi connectivity index (χ0) is 22.6. The number of aryl methyl sites for hydroxylation is 2. The van der Waals surface area contributed by atoms with E-state index in [4.69, 9.17) is 4.42 Å². The first-order valence-electron chi connectivity index (χ1n) is 12.4. The van der Waals surface area contributed by atoms with Crippen LogP contribution < -0.4 is 0 Å². The zero-order valence-corrected chi connectivity index (χ0v) is 22.8. The van der Waals surface area contributed by atoms with Gasteiger partial charge in [0, 0.05) is 41.4 Å². The van der Waals surface area contributed by atoms with Crippen LogP contribution in [0.2, 0.25) is 0 Å². The zero-order valence-electron chi connectivity index (χ0n) is 19.6. The van der Waals surface area contributed by atoms with E-state index in [-0.39, 0.29) is 0 Å². The Morgan fingerprint density at radius 2 is 1.03 bits per heavy atom. The maximum atomic E-state index is 6.28. The number of fused-ring (bicyclic) bond motifs is 3. The molecule has 0 aliphatic rings. The summed E-state index contributed by atoms with van der Waals surface area (Å²) in [6.45, 7) is 4.55. The van der Waals surface area contributed by atoms with Gasteiger partial charge in [-0.05, 0) is 49.9 Å². The van der Waals surface area contributed by atoms with Crippen LogP contribution in [-0.2, 0) is 12.8 Å². The molecule has 0 aromatic carbocycles. The van der Waals surface area contributed by atoms with Crippen molar-refractivity contribution in [3.05, 3.63) is 46.2 Å². The highest BCUT2D eigenvalue weighted by molar-refractivity contribution is 7.32. The molecular weight excluding hydrogens is 481 g/mol. The minimum Gasteiger partial charge on any atom is -0.454 e. The van der Waals surface area contributed by atoms with Gasteiger partial charge in [-0.25, -0.2) is 0 Å². The van der Waals surface area contributed by atoms with E-state index in [1.165, 1.54) is 103 Å². The predicted octanol–water partition coefficient (Wildman–Crippen LogP) is 11.4. The normalized spacial score (nSPS) is 11.9. The van der Waals surface area contributed by atoms with Crippen LogP contribution in [0.5, 0.6) is 0 Å². The molecule has 5 heterocycles. The van der Waals surface area contributed by atoms with Crippen molar-refractivity contribution in [1.82, 2.24) is 0 Å². The van der Waals surface area contributed by atoms with Gasteiger partial charge in [0.05, 0.1) is 9.40 Å². The van der Waals surface area contributed by atoms with E-state index in [0.29, 0.717) is 0 Å². The molecule has 0 bridgehead atoms. The molecule has 5 aromatic heterocycles. The SMILES string of the molecule is CCCCCCc1ccc(-c2cc3oc4cc(-c5ccc(CCCCCC)s5)sc4c3s2)s1. The van der Waals surface area contributed by atoms with Crippen molar-refractivity contribution in [3.63, 3.8) is 0 Å². The average Bonchev–Trinajstić information content (AvgIpc) is 3.60. The summed E-state index contributed by atoms with van der Waals surface area (Å²) in [6.07, 6.45) is 13.0. The van der Waals surface area contributed by atoms with Gasteiger partial charge in [0.1, 0.15) is 11.2 Å². The number of thiophene rings is 4. The van der Waals surface area contributed by atoms with Crippen LogP contribution in [0, 0.1) is 0 Å². The van der Waals surface area contributed by atoms with Crippen LogP contribution in [0.25, 0.3) is 40.1 Å². The lowest BCUT2D eigenvalue weighted by Gasteiger charge is -1.96. The van der Waals surface area contributed by atoms with Crippen LogP contribution in [0.3, 0.4) is 0 Å². The standard InChI is InChI=1S/C28H32OS4/c1-3-5-7-9-11-19-13-15-23(30-19)25-17-21-27(32-25)28-22(29-21)18-26(33-28)24-16-14-20(31-24)12-10-8-6-4-2/h13-18H,3-12H2,1-2H3. The highest BCUT2D eigenvalue weighted by Crippen LogP contribution is 2.47. The van der Waals surface area contributed by atoms with E-state index < -0.39 is 0 Å². The molecule has 0 unspecified atom stereocenters. The lowest BCUT2D eigenvalue weighted by Crippen LogP contribution is -1.80. The molecule has 0 fully saturated rings. The molecule has 0 aliphatic carbocycles. The van der Waals surface area contributed by atoms with Crippen molar-refractivity contribution >= 4 is 65.9 Å². The van der Waals surface area contributed by atoms with Gasteiger partial charge in [-0.1, -0.05) is 52.4 Å². The van der Waals surface area contributed by atoms with Crippen LogP contribution >= 0.6 is 45.3 Å². The first kappa shape index (κ1) is 23.3. The van der Waals surface area contributed by atoms with Crippen molar-refractivity contribution in [1.29, 1.82) is 0 Å². The molecule has 0 radical (unpaired) electrons. The Morgan fingerprint density at radius 3 is 1.48 bits per heavy atom. The molecule has 0 aliphatic heterocycles. The summed E-state index contributed by atoms with van der Waals surface area (Å²) in [7, 11) is 0. The quantitative estimate of drug-likeness (QED) is 0.151. The molecule has 174 valence electrons. The van der Waals surface area contributed by atoms with Gasteiger partial charge in [0.2, 0.25) is 0 Å². The predicted molar refractivity (Wildman–Crippen MR) is 152 cm³/mol. The molecule has 33 heavy (non-hydrogen) atoms. The lowest BCUT2D eigenvalue weighted by atomic mass is 10.1. The van der Waals surface area contributed by atoms with Gasteiger partial charge in [0.15, 0.2) is 0 Å². The molecule has 0 atom stereocenters. The molecule has 0 N–H and O–H groups in total. The summed E-state index contributed by atoms with van der Waals surface area (Å²) in [5.41, 5.74) is 2.09. The molecule has 5 heteroatoms. The molecular formula is C28H32OS4. The summed E-state index contributed by atoms with van der Waals surface area (Å²) < 4.78 is 8.91. The number of hydrogen-bond acceptors (Lipinski definition) is 5. The van der Waals surface area contributed by atoms with Gasteiger partial charge < -0.3 is 4.42 Å². The van der Waals surface area contributed by atoms with Crippen molar-refractivity contribution in [2.24, 2.45) is 0 Å². The second-order valence-corrected chi connectivity index (χ2v) is 13.3. The van der Waals surface area contributed by atoms with Gasteiger partial charge >= 0.3 is 0 Å². The van der Waals surface area contributed by atoms with Gasteiger partial charge in [-0.2, -0.15) is 0 Å². The molecule has 5 aromatic rings. The smallest absolute Gasteiger partial charge is 0.147 e. The van der Waals surface area contributed by atoms with Crippen LogP contribution in [0.1, 0.15) is 75.0 Å². The van der Waals surface area contributed by atoms with Crippen LogP contribution in [0.4, 0.5) is 0 Å². The fourth-order valence-corrected chi connectivity index (χ4v) is 8.89. The van der Waals surface area contributed by atoms with Crippen LogP contribution in [0.15, 0.2) is 40.8 Å². The van der Waals surface area contributed by atoms with Crippen molar-refractivity contribution < 1.29 is 4.42 Å². The summed E-state index contributed by atoms with van der Waals surface area (Å²) in [4.78, 5) is 8.48. The number of rotatable bonds is 12. The molecule has 0 saturated heterocycles. The Hall–Kier alpha value is -1.40. The van der Waals surface area contributed by atoms with E-state index in [9.17, 15) is 0 Å². The average molecular weight is 513 g/mol. The molecule has 0 amide bonds. The Balaban J connectivity index is 1.31. The highest BCUT2D eigenvalue weighted by Gasteiger charge is 2.17. The fraction of sp³-hybridized carbons (Fsp3) is 0.429. The minimum absolute atomic E-state index is 1.04. The minimum atomic E-state index is 1.04. The first-order chi connectivity index (χ1) is 16.2. The topological polar surface area (TPSA) is 13.1 Å². The van der Waals surface area contributed by atoms with E-state index in [1.807, 2.05) is 45.3 Å². The van der Waals surface area contributed by atoms with Gasteiger partial charge in [0.25, 0.3) is 0 Å². The third-order valence-corrected chi connectivity index (χ3v) is 11.3. The van der Waals surface area contributed by atoms with Crippen molar-refractivity contribution in [2.45, 2.75) is 78.1 Å². The number of hydrogen-bond donors (Lipinski definition) is 0. The lowest BCUT2D eigenvalue weighted by molar-refractivity contribution is 0.670. The molecule has 5 rings (SSSR count). The summed E-state index contributed by atoms with van der Waals surface area (Å²) in [6, 6.07) is 13.7. The summed E-state index contributed by atoms with van der Waals surface area (Å²) >= 11 is 7.70. The maximum Gasteiger partial charge on any atom is 0.147 e. The van der Waals surface area contributed by atoms with E-state index in [2.05, 4.69) is 50.2 Å². The Kier molecular flexibility index (Phi) is 7.71. The van der Waals surface area contributed by atoms with E-state index >= 15 is 0 Å². The van der Waals surface area contributed by atoms with Crippen molar-refractivity contribution in [2.75, 3.05) is 0 Å². The number of furan rings is 1. The third-order valence-electron chi connectivity index (χ3n) is 6.18. The molecule has 0 spiro atoms. The highest BCUT2D eigenvalue weighted by atomic mass is 32.1. The second kappa shape index (κ2) is 10.9. The monoisotopic (exact) mass is 512 g/mol. The van der Waals surface area contributed by atoms with Gasteiger partial charge in [-0.3, -0.25) is 0 Å². The number of unbranched alkanes of at least 4 members (excludes halogenated alkanes) is 6. The Labute approximate surface area is 213 Å². The van der Waals surface area contributed by atoms with Crippen LogP contribution in [-0.4, -0.2) is 0 Å². The van der Waals surface area contributed by atoms with E-state index in [0.717, 1.165) is 11.2 Å². The Morgan fingerprint density at radius 1 is 0.545 bits per heavy atom. The Bertz CT molecular complexity index is 1210. The van der Waals surface area contributed by atoms with Gasteiger partial charge in [-0.15, -0.1) is 45.3 Å². The fourth-order valence-electron chi connectivity index (χ4n) is 4.32. The van der Waals surface area contributed by atoms with Crippen molar-refractivity contribution in [3.8, 4) is 19.5 Å². The molecule has 0 saturated carbocycles. The van der Waals surface area contributed by atoms with E-state index in [1.54, 1.807) is 0 Å². The summed E-state index contributed by atoms with van der Waals surface area (Å²) in [5, 5.41) is 0. The third kappa shape index (κ3) is 5.32. The molecule has 1 nitrogen and oxygen atoms in total.